The van der Waals surface area contributed by atoms with Crippen LogP contribution in [0.3, 0.4) is 0 Å². The highest BCUT2D eigenvalue weighted by Crippen LogP contribution is 2.44. The van der Waals surface area contributed by atoms with E-state index in [0.29, 0.717) is 11.3 Å². The maximum atomic E-state index is 5.83. The molecule has 2 rings (SSSR count). The van der Waals surface area contributed by atoms with Gasteiger partial charge in [0, 0.05) is 12.2 Å². The van der Waals surface area contributed by atoms with E-state index < -0.39 is 0 Å². The van der Waals surface area contributed by atoms with E-state index in [1.807, 2.05) is 0 Å². The largest absolute Gasteiger partial charge is 0.384 e. The van der Waals surface area contributed by atoms with Crippen LogP contribution in [0.25, 0.3) is 0 Å². The highest BCUT2D eigenvalue weighted by atomic mass is 14.9. The van der Waals surface area contributed by atoms with Gasteiger partial charge in [0.2, 0.25) is 0 Å². The van der Waals surface area contributed by atoms with Crippen molar-refractivity contribution in [2.75, 3.05) is 18.4 Å². The molecule has 94 valence electrons. The summed E-state index contributed by atoms with van der Waals surface area (Å²) in [5.74, 6) is 0.561. The Balaban J connectivity index is 2.14. The van der Waals surface area contributed by atoms with Crippen LogP contribution in [0.4, 0.5) is 5.69 Å². The Morgan fingerprint density at radius 1 is 1.35 bits per heavy atom. The van der Waals surface area contributed by atoms with Gasteiger partial charge in [0.25, 0.3) is 0 Å². The van der Waals surface area contributed by atoms with Crippen molar-refractivity contribution in [2.45, 2.75) is 39.5 Å². The van der Waals surface area contributed by atoms with Crippen molar-refractivity contribution in [3.05, 3.63) is 29.3 Å². The van der Waals surface area contributed by atoms with E-state index in [1.54, 1.807) is 0 Å². The van der Waals surface area contributed by atoms with Gasteiger partial charge in [-0.2, -0.15) is 0 Å². The number of nitrogens with one attached hydrogen (secondary N) is 1. The summed E-state index contributed by atoms with van der Waals surface area (Å²) in [4.78, 5) is 0. The van der Waals surface area contributed by atoms with Crippen molar-refractivity contribution < 1.29 is 0 Å². The molecule has 0 aliphatic heterocycles. The third-order valence-corrected chi connectivity index (χ3v) is 3.96. The summed E-state index contributed by atoms with van der Waals surface area (Å²) in [6.07, 6.45) is 2.55. The Bertz CT molecular complexity index is 392. The van der Waals surface area contributed by atoms with Crippen LogP contribution in [0.5, 0.6) is 0 Å². The molecule has 2 nitrogen and oxygen atoms in total. The standard InChI is InChI=1S/C15H24N2/c1-11(2)13-6-4-5-12(3)14(13)17-10-15(9-16)7-8-15/h4-6,11,17H,7-10,16H2,1-3H3. The molecule has 1 fully saturated rings. The van der Waals surface area contributed by atoms with E-state index >= 15 is 0 Å². The summed E-state index contributed by atoms with van der Waals surface area (Å²) in [5.41, 5.74) is 10.3. The molecule has 0 atom stereocenters. The third kappa shape index (κ3) is 2.63. The molecule has 0 bridgehead atoms. The Kier molecular flexibility index (Phi) is 3.43. The molecule has 1 aromatic carbocycles. The number of rotatable bonds is 5. The van der Waals surface area contributed by atoms with Crippen LogP contribution in [0.15, 0.2) is 18.2 Å². The van der Waals surface area contributed by atoms with E-state index in [2.05, 4.69) is 44.3 Å². The number of anilines is 1. The number of hydrogen-bond donors (Lipinski definition) is 2. The average Bonchev–Trinajstić information content (AvgIpc) is 3.08. The van der Waals surface area contributed by atoms with Crippen molar-refractivity contribution in [1.29, 1.82) is 0 Å². The second kappa shape index (κ2) is 4.69. The SMILES string of the molecule is Cc1cccc(C(C)C)c1NCC1(CN)CC1. The Hall–Kier alpha value is -1.02. The molecule has 0 radical (unpaired) electrons. The van der Waals surface area contributed by atoms with Gasteiger partial charge in [0.1, 0.15) is 0 Å². The molecule has 0 saturated heterocycles. The van der Waals surface area contributed by atoms with Gasteiger partial charge in [0.05, 0.1) is 0 Å². The Morgan fingerprint density at radius 3 is 2.59 bits per heavy atom. The van der Waals surface area contributed by atoms with Gasteiger partial charge in [-0.1, -0.05) is 32.0 Å². The molecule has 1 saturated carbocycles. The molecule has 1 aliphatic carbocycles. The first-order valence-corrected chi connectivity index (χ1v) is 6.61. The highest BCUT2D eigenvalue weighted by molar-refractivity contribution is 5.58. The fourth-order valence-corrected chi connectivity index (χ4v) is 2.32. The first-order valence-electron chi connectivity index (χ1n) is 6.61. The van der Waals surface area contributed by atoms with Crippen LogP contribution in [0, 0.1) is 12.3 Å². The zero-order chi connectivity index (χ0) is 12.5. The van der Waals surface area contributed by atoms with Gasteiger partial charge in [-0.3, -0.25) is 0 Å². The van der Waals surface area contributed by atoms with Crippen molar-refractivity contribution >= 4 is 5.69 Å². The second-order valence-corrected chi connectivity index (χ2v) is 5.75. The average molecular weight is 232 g/mol. The van der Waals surface area contributed by atoms with Gasteiger partial charge in [-0.15, -0.1) is 0 Å². The smallest absolute Gasteiger partial charge is 0.0405 e. The fourth-order valence-electron chi connectivity index (χ4n) is 2.32. The van der Waals surface area contributed by atoms with Gasteiger partial charge < -0.3 is 11.1 Å². The van der Waals surface area contributed by atoms with Crippen LogP contribution in [0.2, 0.25) is 0 Å². The van der Waals surface area contributed by atoms with E-state index in [4.69, 9.17) is 5.73 Å². The molecule has 2 heteroatoms. The summed E-state index contributed by atoms with van der Waals surface area (Å²) >= 11 is 0. The van der Waals surface area contributed by atoms with Gasteiger partial charge >= 0.3 is 0 Å². The zero-order valence-corrected chi connectivity index (χ0v) is 11.2. The third-order valence-electron chi connectivity index (χ3n) is 3.96. The quantitative estimate of drug-likeness (QED) is 0.817. The lowest BCUT2D eigenvalue weighted by Gasteiger charge is -2.20. The van der Waals surface area contributed by atoms with E-state index in [-0.39, 0.29) is 0 Å². The van der Waals surface area contributed by atoms with E-state index in [0.717, 1.165) is 13.1 Å². The first-order chi connectivity index (χ1) is 8.08. The Labute approximate surface area is 105 Å². The topological polar surface area (TPSA) is 38.0 Å². The number of nitrogens with two attached hydrogens (primary N) is 1. The molecule has 1 aliphatic rings. The fraction of sp³-hybridized carbons (Fsp3) is 0.600. The lowest BCUT2D eigenvalue weighted by Crippen LogP contribution is -2.24. The predicted molar refractivity (Wildman–Crippen MR) is 74.5 cm³/mol. The lowest BCUT2D eigenvalue weighted by atomic mass is 9.97. The minimum absolute atomic E-state index is 0.385. The van der Waals surface area contributed by atoms with Crippen LogP contribution in [0.1, 0.15) is 43.7 Å². The zero-order valence-electron chi connectivity index (χ0n) is 11.2. The van der Waals surface area contributed by atoms with Crippen LogP contribution >= 0.6 is 0 Å². The molecule has 3 N–H and O–H groups in total. The highest BCUT2D eigenvalue weighted by Gasteiger charge is 2.40. The van der Waals surface area contributed by atoms with Crippen LogP contribution in [-0.2, 0) is 0 Å². The van der Waals surface area contributed by atoms with Crippen molar-refractivity contribution in [3.8, 4) is 0 Å². The molecular formula is C15H24N2. The minimum Gasteiger partial charge on any atom is -0.384 e. The molecule has 0 amide bonds. The van der Waals surface area contributed by atoms with E-state index in [9.17, 15) is 0 Å². The minimum atomic E-state index is 0.385. The van der Waals surface area contributed by atoms with Crippen molar-refractivity contribution in [2.24, 2.45) is 11.1 Å². The van der Waals surface area contributed by atoms with Gasteiger partial charge in [-0.25, -0.2) is 0 Å². The van der Waals surface area contributed by atoms with E-state index in [1.165, 1.54) is 29.7 Å². The summed E-state index contributed by atoms with van der Waals surface area (Å²) in [6, 6.07) is 6.55. The van der Waals surface area contributed by atoms with Crippen molar-refractivity contribution in [3.63, 3.8) is 0 Å². The maximum absolute atomic E-state index is 5.83. The monoisotopic (exact) mass is 232 g/mol. The summed E-state index contributed by atoms with van der Waals surface area (Å²) in [7, 11) is 0. The normalized spacial score (nSPS) is 17.2. The molecule has 0 unspecified atom stereocenters. The lowest BCUT2D eigenvalue weighted by molar-refractivity contribution is 0.555. The number of para-hydroxylation sites is 1. The van der Waals surface area contributed by atoms with Crippen LogP contribution < -0.4 is 11.1 Å². The molecular weight excluding hydrogens is 208 g/mol. The molecule has 0 heterocycles. The summed E-state index contributed by atoms with van der Waals surface area (Å²) in [6.45, 7) is 8.50. The molecule has 0 spiro atoms. The number of aryl methyl sites for hydroxylation is 1. The predicted octanol–water partition coefficient (Wildman–Crippen LogP) is 3.27. The molecule has 1 aromatic rings. The van der Waals surface area contributed by atoms with Crippen molar-refractivity contribution in [1.82, 2.24) is 0 Å². The number of benzene rings is 1. The molecule has 17 heavy (non-hydrogen) atoms. The molecule has 0 aromatic heterocycles. The summed E-state index contributed by atoms with van der Waals surface area (Å²) in [5, 5.41) is 3.64. The van der Waals surface area contributed by atoms with Gasteiger partial charge in [0.15, 0.2) is 0 Å². The summed E-state index contributed by atoms with van der Waals surface area (Å²) < 4.78 is 0. The van der Waals surface area contributed by atoms with Gasteiger partial charge in [-0.05, 0) is 48.8 Å². The Morgan fingerprint density at radius 2 is 2.06 bits per heavy atom. The second-order valence-electron chi connectivity index (χ2n) is 5.75. The number of hydrogen-bond acceptors (Lipinski definition) is 2. The maximum Gasteiger partial charge on any atom is 0.0405 e. The van der Waals surface area contributed by atoms with Crippen LogP contribution in [-0.4, -0.2) is 13.1 Å². The first kappa shape index (κ1) is 12.4.